The van der Waals surface area contributed by atoms with Crippen molar-refractivity contribution in [2.24, 2.45) is 0 Å². The van der Waals surface area contributed by atoms with Crippen molar-refractivity contribution in [1.29, 1.82) is 0 Å². The molecule has 1 saturated heterocycles. The molecule has 2 unspecified atom stereocenters. The Morgan fingerprint density at radius 3 is 2.18 bits per heavy atom. The summed E-state index contributed by atoms with van der Waals surface area (Å²) in [7, 11) is 1.65. The molecule has 6 nitrogen and oxygen atoms in total. The normalized spacial score (nSPS) is 19.1. The van der Waals surface area contributed by atoms with E-state index in [1.54, 1.807) is 7.11 Å². The van der Waals surface area contributed by atoms with Crippen LogP contribution in [0.3, 0.4) is 0 Å². The molecule has 1 fully saturated rings. The average Bonchev–Trinajstić information content (AvgIpc) is 3.05. The van der Waals surface area contributed by atoms with Gasteiger partial charge in [0.2, 0.25) is 5.91 Å². The molecule has 2 aliphatic rings. The molecular weight excluding hydrogens is 570 g/mol. The van der Waals surface area contributed by atoms with Gasteiger partial charge in [0.25, 0.3) is 0 Å². The van der Waals surface area contributed by atoms with Crippen molar-refractivity contribution >= 4 is 23.2 Å². The smallest absolute Gasteiger partial charge is 0.232 e. The highest BCUT2D eigenvalue weighted by Crippen LogP contribution is 2.44. The zero-order valence-electron chi connectivity index (χ0n) is 27.2. The summed E-state index contributed by atoms with van der Waals surface area (Å²) in [4.78, 5) is 21.1. The molecule has 0 aromatic heterocycles. The van der Waals surface area contributed by atoms with Crippen LogP contribution in [-0.4, -0.2) is 61.1 Å². The molecule has 2 aliphatic heterocycles. The van der Waals surface area contributed by atoms with Gasteiger partial charge in [-0.1, -0.05) is 56.6 Å². The largest absolute Gasteiger partial charge is 0.493 e. The van der Waals surface area contributed by atoms with Crippen LogP contribution in [0.4, 0.5) is 5.69 Å². The second-order valence-electron chi connectivity index (χ2n) is 12.2. The van der Waals surface area contributed by atoms with Gasteiger partial charge in [-0.3, -0.25) is 9.69 Å². The summed E-state index contributed by atoms with van der Waals surface area (Å²) < 4.78 is 12.0. The van der Waals surface area contributed by atoms with Crippen LogP contribution in [-0.2, 0) is 11.2 Å². The van der Waals surface area contributed by atoms with Gasteiger partial charge >= 0.3 is 0 Å². The Morgan fingerprint density at radius 1 is 0.932 bits per heavy atom. The van der Waals surface area contributed by atoms with Crippen LogP contribution in [0.15, 0.2) is 60.7 Å². The summed E-state index contributed by atoms with van der Waals surface area (Å²) in [5.41, 5.74) is 5.16. The third kappa shape index (κ3) is 6.78. The van der Waals surface area contributed by atoms with Crippen molar-refractivity contribution in [3.8, 4) is 11.5 Å². The van der Waals surface area contributed by atoms with Crippen molar-refractivity contribution in [2.75, 3.05) is 38.2 Å². The molecule has 0 saturated carbocycles. The van der Waals surface area contributed by atoms with Gasteiger partial charge in [-0.2, -0.15) is 0 Å². The Balaban J connectivity index is 1.45. The van der Waals surface area contributed by atoms with Gasteiger partial charge in [0.1, 0.15) is 0 Å². The lowest BCUT2D eigenvalue weighted by Gasteiger charge is -2.40. The van der Waals surface area contributed by atoms with E-state index in [-0.39, 0.29) is 18.1 Å². The molecule has 2 heterocycles. The van der Waals surface area contributed by atoms with E-state index in [0.29, 0.717) is 35.0 Å². The number of ether oxygens (including phenoxy) is 2. The number of benzene rings is 3. The molecule has 1 amide bonds. The predicted molar refractivity (Wildman–Crippen MR) is 180 cm³/mol. The maximum Gasteiger partial charge on any atom is 0.232 e. The van der Waals surface area contributed by atoms with Crippen molar-refractivity contribution < 1.29 is 14.3 Å². The van der Waals surface area contributed by atoms with E-state index < -0.39 is 0 Å². The maximum atomic E-state index is 13.9. The van der Waals surface area contributed by atoms with Gasteiger partial charge in [-0.15, -0.1) is 0 Å². The van der Waals surface area contributed by atoms with Crippen LogP contribution in [0.25, 0.3) is 0 Å². The first-order chi connectivity index (χ1) is 21.3. The highest BCUT2D eigenvalue weighted by atomic mass is 35.5. The monoisotopic (exact) mass is 617 g/mol. The number of halogens is 1. The third-order valence-electron chi connectivity index (χ3n) is 9.71. The van der Waals surface area contributed by atoms with Crippen LogP contribution >= 0.6 is 11.6 Å². The van der Waals surface area contributed by atoms with Gasteiger partial charge in [-0.25, -0.2) is 0 Å². The minimum Gasteiger partial charge on any atom is -0.493 e. The number of rotatable bonds is 11. The molecule has 3 aromatic carbocycles. The molecule has 236 valence electrons. The Hall–Kier alpha value is -3.06. The topological polar surface area (TPSA) is 45.3 Å². The summed E-state index contributed by atoms with van der Waals surface area (Å²) >= 11 is 6.30. The molecule has 0 radical (unpaired) electrons. The molecule has 5 rings (SSSR count). The summed E-state index contributed by atoms with van der Waals surface area (Å²) in [6, 6.07) is 21.1. The second kappa shape index (κ2) is 14.4. The Bertz CT molecular complexity index is 1400. The van der Waals surface area contributed by atoms with Crippen molar-refractivity contribution in [2.45, 2.75) is 84.5 Å². The lowest BCUT2D eigenvalue weighted by atomic mass is 9.86. The van der Waals surface area contributed by atoms with Crippen molar-refractivity contribution in [3.05, 3.63) is 87.9 Å². The lowest BCUT2D eigenvalue weighted by Crippen LogP contribution is -2.45. The minimum absolute atomic E-state index is 0.0369. The number of methoxy groups -OCH3 is 1. The first kappa shape index (κ1) is 32.3. The summed E-state index contributed by atoms with van der Waals surface area (Å²) in [5, 5.41) is 0.664. The molecule has 3 atom stereocenters. The predicted octanol–water partition coefficient (Wildman–Crippen LogP) is 8.07. The van der Waals surface area contributed by atoms with Gasteiger partial charge in [-0.05, 0) is 105 Å². The fraction of sp³-hybridized carbons (Fsp3) is 0.486. The summed E-state index contributed by atoms with van der Waals surface area (Å²) in [6.07, 6.45) is 3.63. The number of fused-ring (bicyclic) bond motifs is 1. The highest BCUT2D eigenvalue weighted by Gasteiger charge is 2.36. The second-order valence-corrected chi connectivity index (χ2v) is 12.6. The Morgan fingerprint density at radius 2 is 1.59 bits per heavy atom. The molecular formula is C37H48ClN3O3. The molecule has 0 bridgehead atoms. The van der Waals surface area contributed by atoms with E-state index in [4.69, 9.17) is 21.1 Å². The summed E-state index contributed by atoms with van der Waals surface area (Å²) in [5.74, 6) is 1.40. The van der Waals surface area contributed by atoms with Crippen LogP contribution in [0, 0.1) is 0 Å². The van der Waals surface area contributed by atoms with E-state index in [9.17, 15) is 4.79 Å². The first-order valence-electron chi connectivity index (χ1n) is 16.3. The van der Waals surface area contributed by atoms with Gasteiger partial charge in [0.05, 0.1) is 25.7 Å². The number of hydrogen-bond donors (Lipinski definition) is 0. The van der Waals surface area contributed by atoms with E-state index in [1.165, 1.54) is 18.4 Å². The van der Waals surface area contributed by atoms with Crippen LogP contribution < -0.4 is 14.4 Å². The number of carbonyl (C=O) groups is 1. The zero-order valence-corrected chi connectivity index (χ0v) is 27.9. The van der Waals surface area contributed by atoms with Gasteiger partial charge < -0.3 is 19.3 Å². The fourth-order valence-electron chi connectivity index (χ4n) is 6.88. The third-order valence-corrected chi connectivity index (χ3v) is 9.96. The molecule has 0 aliphatic carbocycles. The number of amides is 1. The number of nitrogens with zero attached hydrogens (tertiary/aromatic N) is 3. The van der Waals surface area contributed by atoms with Crippen LogP contribution in [0.1, 0.15) is 88.2 Å². The minimum atomic E-state index is -0.323. The SMILES string of the molecule is CC[C@@H](C)Oc1cc2c(cc1OC)CC(=O)N(c1ccc(C(C)N3CCC(N(CC)CC)CC3)cc1)C2c1ccc(Cl)cc1. The Kier molecular flexibility index (Phi) is 10.6. The number of hydrogen-bond acceptors (Lipinski definition) is 5. The van der Waals surface area contributed by atoms with Crippen molar-refractivity contribution in [3.63, 3.8) is 0 Å². The molecule has 44 heavy (non-hydrogen) atoms. The summed E-state index contributed by atoms with van der Waals surface area (Å²) in [6.45, 7) is 15.4. The highest BCUT2D eigenvalue weighted by molar-refractivity contribution is 6.30. The van der Waals surface area contributed by atoms with Gasteiger partial charge in [0.15, 0.2) is 11.5 Å². The average molecular weight is 618 g/mol. The number of likely N-dealkylation sites (tertiary alicyclic amines) is 1. The van der Waals surface area contributed by atoms with E-state index in [2.05, 4.69) is 74.8 Å². The Labute approximate surface area is 268 Å². The quantitative estimate of drug-likeness (QED) is 0.218. The van der Waals surface area contributed by atoms with Crippen LogP contribution in [0.2, 0.25) is 5.02 Å². The van der Waals surface area contributed by atoms with Gasteiger partial charge in [0, 0.05) is 35.9 Å². The molecule has 3 aromatic rings. The number of anilines is 1. The first-order valence-corrected chi connectivity index (χ1v) is 16.7. The molecule has 0 spiro atoms. The molecule has 7 heteroatoms. The van der Waals surface area contributed by atoms with Crippen molar-refractivity contribution in [1.82, 2.24) is 9.80 Å². The lowest BCUT2D eigenvalue weighted by molar-refractivity contribution is -0.118. The van der Waals surface area contributed by atoms with E-state index in [1.807, 2.05) is 35.2 Å². The number of carbonyl (C=O) groups excluding carboxylic acids is 1. The number of piperidine rings is 1. The van der Waals surface area contributed by atoms with E-state index >= 15 is 0 Å². The van der Waals surface area contributed by atoms with Crippen LogP contribution in [0.5, 0.6) is 11.5 Å². The standard InChI is InChI=1S/C37H48ClN3O3/c1-7-25(4)44-35-24-33-29(22-34(35)43-6)23-36(42)41(37(33)28-10-14-30(38)15-11-28)32-16-12-27(13-17-32)26(5)40-20-18-31(19-21-40)39(8-2)9-3/h10-17,22,24-26,31,37H,7-9,18-21,23H2,1-6H3/t25-,26?,37?/m1/s1. The molecule has 0 N–H and O–H groups in total. The van der Waals surface area contributed by atoms with E-state index in [0.717, 1.165) is 55.0 Å². The fourth-order valence-corrected chi connectivity index (χ4v) is 7.00. The zero-order chi connectivity index (χ0) is 31.4. The maximum absolute atomic E-state index is 13.9.